The maximum Gasteiger partial charge on any atom is 0.321 e. The summed E-state index contributed by atoms with van der Waals surface area (Å²) in [5, 5.41) is 12.1. The number of thiophene rings is 1. The molecule has 0 aromatic carbocycles. The fraction of sp³-hybridized carbons (Fsp3) is 0.400. The monoisotopic (exact) mass is 366 g/mol. The molecule has 0 aliphatic heterocycles. The number of esters is 1. The minimum absolute atomic E-state index is 0.0171. The normalized spacial score (nSPS) is 10.5. The highest BCUT2D eigenvalue weighted by Crippen LogP contribution is 2.18. The van der Waals surface area contributed by atoms with Crippen molar-refractivity contribution in [2.75, 3.05) is 6.61 Å². The molecule has 0 bridgehead atoms. The Hall–Kier alpha value is -2.75. The van der Waals surface area contributed by atoms with Gasteiger partial charge in [-0.3, -0.25) is 14.9 Å². The number of amides is 3. The lowest BCUT2D eigenvalue weighted by Crippen LogP contribution is -2.44. The van der Waals surface area contributed by atoms with Crippen LogP contribution in [0.2, 0.25) is 0 Å². The summed E-state index contributed by atoms with van der Waals surface area (Å²) in [5.74, 6) is -0.544. The first kappa shape index (κ1) is 18.6. The summed E-state index contributed by atoms with van der Waals surface area (Å²) >= 11 is 1.52. The number of aromatic nitrogens is 2. The Bertz CT molecular complexity index is 726. The van der Waals surface area contributed by atoms with Crippen LogP contribution in [0, 0.1) is 0 Å². The van der Waals surface area contributed by atoms with Gasteiger partial charge in [0.2, 0.25) is 11.7 Å². The number of carbonyl (C=O) groups excluding carboxylic acids is 3. The lowest BCUT2D eigenvalue weighted by Gasteiger charge is -2.09. The molecule has 0 fully saturated rings. The van der Waals surface area contributed by atoms with Gasteiger partial charge in [-0.05, 0) is 25.3 Å². The van der Waals surface area contributed by atoms with E-state index in [-0.39, 0.29) is 18.9 Å². The highest BCUT2D eigenvalue weighted by Gasteiger charge is 2.14. The van der Waals surface area contributed by atoms with Gasteiger partial charge in [-0.2, -0.15) is 16.3 Å². The van der Waals surface area contributed by atoms with E-state index in [0.29, 0.717) is 11.7 Å². The second kappa shape index (κ2) is 8.92. The third kappa shape index (κ3) is 6.34. The van der Waals surface area contributed by atoms with Gasteiger partial charge < -0.3 is 14.6 Å². The third-order valence-corrected chi connectivity index (χ3v) is 3.51. The van der Waals surface area contributed by atoms with Crippen molar-refractivity contribution in [1.82, 2.24) is 20.8 Å². The van der Waals surface area contributed by atoms with E-state index >= 15 is 0 Å². The molecule has 0 unspecified atom stereocenters. The molecule has 9 nitrogen and oxygen atoms in total. The third-order valence-electron chi connectivity index (χ3n) is 2.83. The van der Waals surface area contributed by atoms with Gasteiger partial charge >= 0.3 is 12.0 Å². The molecule has 0 atom stereocenters. The number of aryl methyl sites for hydroxylation is 1. The first-order valence-corrected chi connectivity index (χ1v) is 8.49. The van der Waals surface area contributed by atoms with Crippen LogP contribution in [-0.2, 0) is 20.7 Å². The van der Waals surface area contributed by atoms with Crippen LogP contribution in [0.1, 0.15) is 26.2 Å². The van der Waals surface area contributed by atoms with Crippen LogP contribution < -0.4 is 10.6 Å². The first-order chi connectivity index (χ1) is 11.9. The molecule has 2 N–H and O–H groups in total. The summed E-state index contributed by atoms with van der Waals surface area (Å²) < 4.78 is 9.85. The maximum atomic E-state index is 11.6. The van der Waals surface area contributed by atoms with Gasteiger partial charge in [0.25, 0.3) is 5.91 Å². The first-order valence-electron chi connectivity index (χ1n) is 7.55. The number of urea groups is 1. The lowest BCUT2D eigenvalue weighted by molar-refractivity contribution is -0.148. The highest BCUT2D eigenvalue weighted by atomic mass is 32.1. The number of imide groups is 1. The van der Waals surface area contributed by atoms with E-state index in [1.54, 1.807) is 13.8 Å². The zero-order chi connectivity index (χ0) is 18.2. The van der Waals surface area contributed by atoms with Crippen LogP contribution in [0.5, 0.6) is 0 Å². The molecule has 0 radical (unpaired) electrons. The van der Waals surface area contributed by atoms with Crippen molar-refractivity contribution in [3.05, 3.63) is 22.7 Å². The topological polar surface area (TPSA) is 123 Å². The molecule has 10 heteroatoms. The fourth-order valence-corrected chi connectivity index (χ4v) is 2.39. The van der Waals surface area contributed by atoms with Crippen LogP contribution in [0.3, 0.4) is 0 Å². The molecule has 2 aromatic heterocycles. The van der Waals surface area contributed by atoms with Crippen LogP contribution in [0.15, 0.2) is 21.3 Å². The Morgan fingerprint density at radius 1 is 1.36 bits per heavy atom. The second-order valence-corrected chi connectivity index (χ2v) is 6.14. The van der Waals surface area contributed by atoms with Gasteiger partial charge in [0.15, 0.2) is 6.61 Å². The fourth-order valence-electron chi connectivity index (χ4n) is 1.75. The zero-order valence-electron chi connectivity index (χ0n) is 13.8. The molecule has 25 heavy (non-hydrogen) atoms. The van der Waals surface area contributed by atoms with Gasteiger partial charge in [0, 0.05) is 23.4 Å². The molecule has 0 spiro atoms. The van der Waals surface area contributed by atoms with Crippen molar-refractivity contribution >= 4 is 29.2 Å². The van der Waals surface area contributed by atoms with Gasteiger partial charge in [-0.25, -0.2) is 4.79 Å². The quantitative estimate of drug-likeness (QED) is 0.712. The van der Waals surface area contributed by atoms with E-state index in [9.17, 15) is 14.4 Å². The molecular weight excluding hydrogens is 348 g/mol. The molecule has 2 rings (SSSR count). The van der Waals surface area contributed by atoms with Gasteiger partial charge in [0.1, 0.15) is 0 Å². The lowest BCUT2D eigenvalue weighted by atomic mass is 10.3. The highest BCUT2D eigenvalue weighted by molar-refractivity contribution is 7.08. The smallest absolute Gasteiger partial charge is 0.321 e. The number of nitrogens with zero attached hydrogens (tertiary/aromatic N) is 2. The molecule has 3 amide bonds. The summed E-state index contributed by atoms with van der Waals surface area (Å²) in [6.07, 6.45) is 0.183. The maximum absolute atomic E-state index is 11.6. The van der Waals surface area contributed by atoms with E-state index in [2.05, 4.69) is 20.8 Å². The van der Waals surface area contributed by atoms with Crippen molar-refractivity contribution in [2.45, 2.75) is 32.7 Å². The second-order valence-electron chi connectivity index (χ2n) is 5.36. The Kier molecular flexibility index (Phi) is 6.63. The van der Waals surface area contributed by atoms with E-state index in [0.717, 1.165) is 5.56 Å². The van der Waals surface area contributed by atoms with Crippen LogP contribution in [-0.4, -0.2) is 40.7 Å². The molecule has 0 saturated carbocycles. The standard InChI is InChI=1S/C15H18N4O5S/c1-9(2)16-15(22)17-11(20)7-23-13(21)4-3-12-18-14(19-24-12)10-5-6-25-8-10/h5-6,8-9H,3-4,7H2,1-2H3,(H2,16,17,20,22). The van der Waals surface area contributed by atoms with Crippen LogP contribution >= 0.6 is 11.3 Å². The van der Waals surface area contributed by atoms with Crippen molar-refractivity contribution in [2.24, 2.45) is 0 Å². The number of hydrogen-bond acceptors (Lipinski definition) is 8. The number of nitrogens with one attached hydrogen (secondary N) is 2. The summed E-state index contributed by atoms with van der Waals surface area (Å²) in [6.45, 7) is 2.98. The summed E-state index contributed by atoms with van der Waals surface area (Å²) in [5.41, 5.74) is 0.846. The van der Waals surface area contributed by atoms with Crippen LogP contribution in [0.4, 0.5) is 4.79 Å². The molecule has 0 aliphatic rings. The van der Waals surface area contributed by atoms with Gasteiger partial charge in [-0.15, -0.1) is 0 Å². The molecule has 0 saturated heterocycles. The van der Waals surface area contributed by atoms with Crippen molar-refractivity contribution in [3.63, 3.8) is 0 Å². The zero-order valence-corrected chi connectivity index (χ0v) is 14.6. The molecule has 0 aliphatic carbocycles. The van der Waals surface area contributed by atoms with Crippen molar-refractivity contribution < 1.29 is 23.6 Å². The molecule has 2 aromatic rings. The van der Waals surface area contributed by atoms with Gasteiger partial charge in [0.05, 0.1) is 6.42 Å². The van der Waals surface area contributed by atoms with Crippen molar-refractivity contribution in [3.8, 4) is 11.4 Å². The Labute approximate surface area is 147 Å². The predicted molar refractivity (Wildman–Crippen MR) is 88.7 cm³/mol. The summed E-state index contributed by atoms with van der Waals surface area (Å²) in [4.78, 5) is 38.6. The summed E-state index contributed by atoms with van der Waals surface area (Å²) in [6, 6.07) is 1.12. The predicted octanol–water partition coefficient (Wildman–Crippen LogP) is 1.51. The van der Waals surface area contributed by atoms with E-state index in [4.69, 9.17) is 9.26 Å². The average Bonchev–Trinajstić information content (AvgIpc) is 3.20. The molecular formula is C15H18N4O5S. The van der Waals surface area contributed by atoms with Crippen molar-refractivity contribution in [1.29, 1.82) is 0 Å². The largest absolute Gasteiger partial charge is 0.456 e. The molecule has 2 heterocycles. The minimum Gasteiger partial charge on any atom is -0.456 e. The number of carbonyl (C=O) groups is 3. The van der Waals surface area contributed by atoms with E-state index in [1.165, 1.54) is 11.3 Å². The van der Waals surface area contributed by atoms with Crippen LogP contribution in [0.25, 0.3) is 11.4 Å². The Morgan fingerprint density at radius 3 is 2.84 bits per heavy atom. The SMILES string of the molecule is CC(C)NC(=O)NC(=O)COC(=O)CCc1nc(-c2ccsc2)no1. The Morgan fingerprint density at radius 2 is 2.16 bits per heavy atom. The average molecular weight is 366 g/mol. The van der Waals surface area contributed by atoms with Gasteiger partial charge in [-0.1, -0.05) is 5.16 Å². The molecule has 134 valence electrons. The number of rotatable bonds is 7. The summed E-state index contributed by atoms with van der Waals surface area (Å²) in [7, 11) is 0. The minimum atomic E-state index is -0.705. The van der Waals surface area contributed by atoms with E-state index < -0.39 is 24.5 Å². The Balaban J connectivity index is 1.69. The number of hydrogen-bond donors (Lipinski definition) is 2. The number of ether oxygens (including phenoxy) is 1. The van der Waals surface area contributed by atoms with E-state index in [1.807, 2.05) is 16.8 Å².